The van der Waals surface area contributed by atoms with Gasteiger partial charge in [-0.15, -0.1) is 0 Å². The maximum atomic E-state index is 5.81. The molecule has 96 valence electrons. The van der Waals surface area contributed by atoms with E-state index >= 15 is 0 Å². The Bertz CT molecular complexity index is 311. The molecule has 2 nitrogen and oxygen atoms in total. The molecule has 3 heteroatoms. The van der Waals surface area contributed by atoms with Crippen molar-refractivity contribution in [1.82, 2.24) is 0 Å². The normalized spacial score (nSPS) is 14.6. The maximum absolute atomic E-state index is 5.81. The molecule has 2 atom stereocenters. The van der Waals surface area contributed by atoms with Gasteiger partial charge in [0.1, 0.15) is 0 Å². The summed E-state index contributed by atoms with van der Waals surface area (Å²) in [5, 5.41) is 1.37. The van der Waals surface area contributed by atoms with Crippen LogP contribution in [0.3, 0.4) is 0 Å². The Kier molecular flexibility index (Phi) is 6.48. The predicted octanol–water partition coefficient (Wildman–Crippen LogP) is 2.42. The molecule has 2 unspecified atom stereocenters. The highest BCUT2D eigenvalue weighted by molar-refractivity contribution is 6.66. The van der Waals surface area contributed by atoms with Crippen LogP contribution in [0.2, 0.25) is 6.55 Å². The van der Waals surface area contributed by atoms with E-state index in [2.05, 4.69) is 44.7 Å². The molecule has 1 aromatic carbocycles. The number of benzene rings is 1. The van der Waals surface area contributed by atoms with Crippen LogP contribution in [0.1, 0.15) is 31.7 Å². The third-order valence-electron chi connectivity index (χ3n) is 3.24. The zero-order chi connectivity index (χ0) is 12.7. The minimum atomic E-state index is -1.23. The lowest BCUT2D eigenvalue weighted by atomic mass is 9.99. The number of methoxy groups -OCH3 is 1. The van der Waals surface area contributed by atoms with Crippen molar-refractivity contribution in [2.45, 2.75) is 32.7 Å². The molecule has 1 rings (SSSR count). The minimum absolute atomic E-state index is 0.649. The lowest BCUT2D eigenvalue weighted by Gasteiger charge is -2.14. The van der Waals surface area contributed by atoms with E-state index in [0.717, 1.165) is 0 Å². The van der Waals surface area contributed by atoms with E-state index in [9.17, 15) is 0 Å². The van der Waals surface area contributed by atoms with Crippen molar-refractivity contribution in [3.8, 4) is 0 Å². The summed E-state index contributed by atoms with van der Waals surface area (Å²) in [6, 6.07) is 8.94. The summed E-state index contributed by atoms with van der Waals surface area (Å²) in [6.45, 7) is 8.10. The fourth-order valence-electron chi connectivity index (χ4n) is 1.74. The van der Waals surface area contributed by atoms with Crippen molar-refractivity contribution in [2.75, 3.05) is 20.3 Å². The van der Waals surface area contributed by atoms with Crippen molar-refractivity contribution in [3.05, 3.63) is 29.8 Å². The molecule has 0 saturated carbocycles. The molecule has 0 saturated heterocycles. The van der Waals surface area contributed by atoms with Crippen LogP contribution in [0.5, 0.6) is 0 Å². The molecule has 0 bridgehead atoms. The van der Waals surface area contributed by atoms with Gasteiger partial charge < -0.3 is 9.16 Å². The molecule has 0 amide bonds. The highest BCUT2D eigenvalue weighted by Crippen LogP contribution is 2.16. The summed E-state index contributed by atoms with van der Waals surface area (Å²) in [4.78, 5) is 0. The standard InChI is InChI=1S/C14H24O2Si/c1-5-12(2)13-6-8-14(9-7-13)17(4)16-11-10-15-3/h6-9,12,17H,5,10-11H2,1-4H3. The lowest BCUT2D eigenvalue weighted by Crippen LogP contribution is -2.31. The fraction of sp³-hybridized carbons (Fsp3) is 0.571. The topological polar surface area (TPSA) is 18.5 Å². The Morgan fingerprint density at radius 1 is 1.18 bits per heavy atom. The number of hydrogen-bond donors (Lipinski definition) is 0. The van der Waals surface area contributed by atoms with Crippen molar-refractivity contribution < 1.29 is 9.16 Å². The number of hydrogen-bond acceptors (Lipinski definition) is 2. The molecule has 0 radical (unpaired) electrons. The fourth-order valence-corrected chi connectivity index (χ4v) is 3.11. The molecule has 1 aromatic rings. The molecular formula is C14H24O2Si. The van der Waals surface area contributed by atoms with E-state index in [1.807, 2.05) is 0 Å². The summed E-state index contributed by atoms with van der Waals surface area (Å²) in [6.07, 6.45) is 1.19. The molecule has 0 N–H and O–H groups in total. The second kappa shape index (κ2) is 7.64. The first kappa shape index (κ1) is 14.4. The van der Waals surface area contributed by atoms with Gasteiger partial charge in [-0.25, -0.2) is 0 Å². The lowest BCUT2D eigenvalue weighted by molar-refractivity contribution is 0.147. The van der Waals surface area contributed by atoms with Crippen LogP contribution in [0.15, 0.2) is 24.3 Å². The molecule has 0 fully saturated rings. The SMILES string of the molecule is CCC(C)c1ccc([SiH](C)OCCOC)cc1. The van der Waals surface area contributed by atoms with Gasteiger partial charge in [0.2, 0.25) is 9.04 Å². The van der Waals surface area contributed by atoms with Gasteiger partial charge in [-0.3, -0.25) is 0 Å². The average Bonchev–Trinajstić information content (AvgIpc) is 2.38. The first-order chi connectivity index (χ1) is 8.19. The first-order valence-electron chi connectivity index (χ1n) is 6.39. The zero-order valence-corrected chi connectivity index (χ0v) is 12.6. The molecular weight excluding hydrogens is 228 g/mol. The first-order valence-corrected chi connectivity index (χ1v) is 8.59. The second-order valence-corrected chi connectivity index (χ2v) is 6.77. The van der Waals surface area contributed by atoms with Crippen LogP contribution >= 0.6 is 0 Å². The molecule has 0 aromatic heterocycles. The highest BCUT2D eigenvalue weighted by Gasteiger charge is 2.09. The molecule has 0 aliphatic heterocycles. The van der Waals surface area contributed by atoms with Gasteiger partial charge in [0.25, 0.3) is 0 Å². The molecule has 17 heavy (non-hydrogen) atoms. The summed E-state index contributed by atoms with van der Waals surface area (Å²) >= 11 is 0. The third-order valence-corrected chi connectivity index (χ3v) is 5.30. The highest BCUT2D eigenvalue weighted by atomic mass is 28.3. The summed E-state index contributed by atoms with van der Waals surface area (Å²) in [7, 11) is 0.472. The van der Waals surface area contributed by atoms with Gasteiger partial charge in [-0.1, -0.05) is 38.1 Å². The molecule has 0 aliphatic rings. The van der Waals surface area contributed by atoms with Crippen LogP contribution in [0.4, 0.5) is 0 Å². The van der Waals surface area contributed by atoms with E-state index in [1.54, 1.807) is 7.11 Å². The second-order valence-electron chi connectivity index (χ2n) is 4.48. The summed E-state index contributed by atoms with van der Waals surface area (Å²) < 4.78 is 10.8. The van der Waals surface area contributed by atoms with Crippen LogP contribution in [-0.2, 0) is 9.16 Å². The summed E-state index contributed by atoms with van der Waals surface area (Å²) in [5.74, 6) is 0.649. The predicted molar refractivity (Wildman–Crippen MR) is 75.6 cm³/mol. The number of ether oxygens (including phenoxy) is 1. The summed E-state index contributed by atoms with van der Waals surface area (Å²) in [5.41, 5.74) is 1.43. The molecule has 0 aliphatic carbocycles. The van der Waals surface area contributed by atoms with Crippen molar-refractivity contribution in [2.24, 2.45) is 0 Å². The van der Waals surface area contributed by atoms with Crippen molar-refractivity contribution in [3.63, 3.8) is 0 Å². The van der Waals surface area contributed by atoms with Gasteiger partial charge in [-0.2, -0.15) is 0 Å². The van der Waals surface area contributed by atoms with Crippen LogP contribution in [0.25, 0.3) is 0 Å². The minimum Gasteiger partial charge on any atom is -0.413 e. The van der Waals surface area contributed by atoms with E-state index in [4.69, 9.17) is 9.16 Å². The van der Waals surface area contributed by atoms with Crippen molar-refractivity contribution >= 4 is 14.2 Å². The van der Waals surface area contributed by atoms with Gasteiger partial charge >= 0.3 is 0 Å². The maximum Gasteiger partial charge on any atom is 0.205 e. The van der Waals surface area contributed by atoms with Crippen LogP contribution < -0.4 is 5.19 Å². The molecule has 0 spiro atoms. The molecule has 0 heterocycles. The van der Waals surface area contributed by atoms with E-state index in [1.165, 1.54) is 17.2 Å². The van der Waals surface area contributed by atoms with Gasteiger partial charge in [0, 0.05) is 7.11 Å². The van der Waals surface area contributed by atoms with Gasteiger partial charge in [0.15, 0.2) is 0 Å². The zero-order valence-electron chi connectivity index (χ0n) is 11.4. The van der Waals surface area contributed by atoms with Crippen LogP contribution in [0, 0.1) is 0 Å². The van der Waals surface area contributed by atoms with E-state index in [-0.39, 0.29) is 0 Å². The Morgan fingerprint density at radius 2 is 1.82 bits per heavy atom. The smallest absolute Gasteiger partial charge is 0.205 e. The number of rotatable bonds is 7. The van der Waals surface area contributed by atoms with Gasteiger partial charge in [0.05, 0.1) is 13.2 Å². The van der Waals surface area contributed by atoms with E-state index < -0.39 is 9.04 Å². The van der Waals surface area contributed by atoms with E-state index in [0.29, 0.717) is 19.1 Å². The quantitative estimate of drug-likeness (QED) is 0.548. The Hall–Kier alpha value is -0.643. The Balaban J connectivity index is 2.54. The average molecular weight is 252 g/mol. The Labute approximate surface area is 107 Å². The van der Waals surface area contributed by atoms with Crippen molar-refractivity contribution in [1.29, 1.82) is 0 Å². The largest absolute Gasteiger partial charge is 0.413 e. The monoisotopic (exact) mass is 252 g/mol. The third kappa shape index (κ3) is 4.62. The Morgan fingerprint density at radius 3 is 2.35 bits per heavy atom. The van der Waals surface area contributed by atoms with Crippen LogP contribution in [-0.4, -0.2) is 29.4 Å². The van der Waals surface area contributed by atoms with Gasteiger partial charge in [-0.05, 0) is 29.6 Å².